The quantitative estimate of drug-likeness (QED) is 0.210. The third-order valence-corrected chi connectivity index (χ3v) is 10.4. The molecule has 0 unspecified atom stereocenters. The first-order valence-electron chi connectivity index (χ1n) is 17.9. The fraction of sp³-hybridized carbons (Fsp3) is 0.325. The Morgan fingerprint density at radius 2 is 1.67 bits per heavy atom. The standard InChI is InChI=1S/C40H40F2N6O6/c1-44-22-29(20-43-44)48(27-7-9-30(49)10-8-27)40(51)33-16-34(45(2)35(33)19-38(41)42)31-17-36-37(54-24-53-36)18-32(31)39(50)47-21-26-6-4-3-5-25(26)15-28(47)23-46-11-13-52-14-12-46/h3-10,16-18,20,22,28,38,49H,11-15,19,21,23-24H2,1-2H3/t28-/m0/s1. The van der Waals surface area contributed by atoms with Crippen LogP contribution in [0.4, 0.5) is 20.2 Å². The van der Waals surface area contributed by atoms with Crippen LogP contribution in [0.15, 0.2) is 79.1 Å². The smallest absolute Gasteiger partial charge is 0.264 e. The van der Waals surface area contributed by atoms with E-state index < -0.39 is 18.8 Å². The summed E-state index contributed by atoms with van der Waals surface area (Å²) < 4.78 is 48.9. The highest BCUT2D eigenvalue weighted by molar-refractivity contribution is 6.12. The molecule has 3 aromatic carbocycles. The number of anilines is 2. The molecule has 2 amide bonds. The Kier molecular flexibility index (Phi) is 9.54. The van der Waals surface area contributed by atoms with Crippen LogP contribution in [-0.4, -0.2) is 93.2 Å². The molecule has 5 heterocycles. The molecule has 0 spiro atoms. The number of alkyl halides is 2. The summed E-state index contributed by atoms with van der Waals surface area (Å²) in [6.07, 6.45) is 0.319. The molecule has 8 rings (SSSR count). The van der Waals surface area contributed by atoms with Crippen molar-refractivity contribution in [3.63, 3.8) is 0 Å². The van der Waals surface area contributed by atoms with Gasteiger partial charge in [0.2, 0.25) is 13.2 Å². The minimum Gasteiger partial charge on any atom is -0.508 e. The van der Waals surface area contributed by atoms with Gasteiger partial charge in [0.15, 0.2) is 11.5 Å². The van der Waals surface area contributed by atoms with Crippen LogP contribution in [-0.2, 0) is 38.2 Å². The summed E-state index contributed by atoms with van der Waals surface area (Å²) in [6.45, 7) is 3.80. The first kappa shape index (κ1) is 35.3. The van der Waals surface area contributed by atoms with Crippen molar-refractivity contribution in [1.29, 1.82) is 0 Å². The number of amides is 2. The molecule has 0 saturated carbocycles. The van der Waals surface area contributed by atoms with Crippen LogP contribution in [0.2, 0.25) is 0 Å². The molecule has 280 valence electrons. The number of aromatic hydroxyl groups is 1. The number of fused-ring (bicyclic) bond motifs is 2. The second-order valence-corrected chi connectivity index (χ2v) is 13.8. The van der Waals surface area contributed by atoms with Gasteiger partial charge in [0.1, 0.15) is 5.75 Å². The molecule has 1 N–H and O–H groups in total. The molecule has 1 fully saturated rings. The van der Waals surface area contributed by atoms with Gasteiger partial charge in [0.25, 0.3) is 11.8 Å². The van der Waals surface area contributed by atoms with Gasteiger partial charge in [-0.25, -0.2) is 8.78 Å². The van der Waals surface area contributed by atoms with Gasteiger partial charge in [-0.3, -0.25) is 24.1 Å². The summed E-state index contributed by atoms with van der Waals surface area (Å²) in [5.41, 5.74) is 4.27. The number of ether oxygens (including phenoxy) is 3. The number of morpholine rings is 1. The number of phenols is 1. The number of carbonyl (C=O) groups excluding carboxylic acids is 2. The lowest BCUT2D eigenvalue weighted by Gasteiger charge is -2.40. The number of nitrogens with zero attached hydrogens (tertiary/aromatic N) is 6. The SMILES string of the molecule is Cn1cc(N(C(=O)c2cc(-c3cc4c(cc3C(=O)N3Cc5ccccc5C[C@H]3CN3CCOCC3)OCO4)n(C)c2CC(F)F)c2ccc(O)cc2)cn1. The Morgan fingerprint density at radius 3 is 2.37 bits per heavy atom. The Morgan fingerprint density at radius 1 is 0.944 bits per heavy atom. The zero-order valence-corrected chi connectivity index (χ0v) is 30.0. The van der Waals surface area contributed by atoms with E-state index in [-0.39, 0.29) is 35.7 Å². The van der Waals surface area contributed by atoms with E-state index in [2.05, 4.69) is 16.1 Å². The first-order chi connectivity index (χ1) is 26.1. The number of halogens is 2. The normalized spacial score (nSPS) is 16.8. The number of hydrogen-bond donors (Lipinski definition) is 1. The highest BCUT2D eigenvalue weighted by atomic mass is 19.3. The van der Waals surface area contributed by atoms with Gasteiger partial charge in [0, 0.05) is 81.6 Å². The molecule has 1 atom stereocenters. The van der Waals surface area contributed by atoms with Crippen molar-refractivity contribution in [2.45, 2.75) is 31.9 Å². The third-order valence-electron chi connectivity index (χ3n) is 10.4. The molecule has 0 radical (unpaired) electrons. The fourth-order valence-corrected chi connectivity index (χ4v) is 7.66. The minimum absolute atomic E-state index is 0.00195. The highest BCUT2D eigenvalue weighted by Crippen LogP contribution is 2.42. The van der Waals surface area contributed by atoms with E-state index in [0.717, 1.165) is 18.7 Å². The summed E-state index contributed by atoms with van der Waals surface area (Å²) in [5, 5.41) is 14.2. The third kappa shape index (κ3) is 6.78. The summed E-state index contributed by atoms with van der Waals surface area (Å²) in [5.74, 6) is -0.0274. The van der Waals surface area contributed by atoms with Crippen molar-refractivity contribution in [2.24, 2.45) is 14.1 Å². The molecule has 0 aliphatic carbocycles. The van der Waals surface area contributed by atoms with Crippen molar-refractivity contribution in [3.8, 4) is 28.5 Å². The number of carbonyl (C=O) groups is 2. The topological polar surface area (TPSA) is 115 Å². The van der Waals surface area contributed by atoms with Crippen LogP contribution < -0.4 is 14.4 Å². The fourth-order valence-electron chi connectivity index (χ4n) is 7.66. The zero-order chi connectivity index (χ0) is 37.5. The van der Waals surface area contributed by atoms with E-state index in [1.54, 1.807) is 55.2 Å². The van der Waals surface area contributed by atoms with Gasteiger partial charge in [-0.2, -0.15) is 5.10 Å². The second kappa shape index (κ2) is 14.6. The Balaban J connectivity index is 1.24. The summed E-state index contributed by atoms with van der Waals surface area (Å²) in [4.78, 5) is 35.3. The van der Waals surface area contributed by atoms with Gasteiger partial charge < -0.3 is 28.8 Å². The predicted molar refractivity (Wildman–Crippen MR) is 196 cm³/mol. The van der Waals surface area contributed by atoms with Gasteiger partial charge in [0.05, 0.1) is 36.2 Å². The lowest BCUT2D eigenvalue weighted by atomic mass is 9.92. The summed E-state index contributed by atoms with van der Waals surface area (Å²) in [6, 6.07) is 18.9. The van der Waals surface area contributed by atoms with Gasteiger partial charge in [-0.05, 0) is 60.0 Å². The molecule has 12 nitrogen and oxygen atoms in total. The van der Waals surface area contributed by atoms with Crippen molar-refractivity contribution in [3.05, 3.63) is 107 Å². The van der Waals surface area contributed by atoms with E-state index in [0.29, 0.717) is 72.4 Å². The Hall–Kier alpha value is -5.73. The van der Waals surface area contributed by atoms with Crippen LogP contribution in [0, 0.1) is 0 Å². The number of rotatable bonds is 9. The molecule has 0 bridgehead atoms. The van der Waals surface area contributed by atoms with E-state index >= 15 is 4.79 Å². The largest absolute Gasteiger partial charge is 0.508 e. The maximum atomic E-state index is 15.0. The first-order valence-corrected chi connectivity index (χ1v) is 17.9. The maximum Gasteiger partial charge on any atom is 0.264 e. The zero-order valence-electron chi connectivity index (χ0n) is 30.0. The van der Waals surface area contributed by atoms with E-state index in [1.807, 2.05) is 23.1 Å². The van der Waals surface area contributed by atoms with Crippen LogP contribution in [0.1, 0.15) is 37.5 Å². The summed E-state index contributed by atoms with van der Waals surface area (Å²) in [7, 11) is 3.33. The van der Waals surface area contributed by atoms with Crippen molar-refractivity contribution < 1.29 is 37.7 Å². The van der Waals surface area contributed by atoms with E-state index in [9.17, 15) is 18.7 Å². The molecule has 3 aliphatic heterocycles. The van der Waals surface area contributed by atoms with E-state index in [4.69, 9.17) is 14.2 Å². The molecule has 5 aromatic rings. The average molecular weight is 739 g/mol. The van der Waals surface area contributed by atoms with Gasteiger partial charge in [-0.1, -0.05) is 24.3 Å². The minimum atomic E-state index is -2.77. The second-order valence-electron chi connectivity index (χ2n) is 13.8. The number of benzene rings is 3. The predicted octanol–water partition coefficient (Wildman–Crippen LogP) is 5.55. The molecular weight excluding hydrogens is 698 g/mol. The van der Waals surface area contributed by atoms with Gasteiger partial charge in [-0.15, -0.1) is 0 Å². The van der Waals surface area contributed by atoms with E-state index in [1.165, 1.54) is 33.5 Å². The molecule has 2 aromatic heterocycles. The van der Waals surface area contributed by atoms with Crippen LogP contribution in [0.25, 0.3) is 11.3 Å². The highest BCUT2D eigenvalue weighted by Gasteiger charge is 2.36. The molecule has 54 heavy (non-hydrogen) atoms. The van der Waals surface area contributed by atoms with Crippen LogP contribution >= 0.6 is 0 Å². The Bertz CT molecular complexity index is 2200. The molecule has 3 aliphatic rings. The number of aromatic nitrogens is 3. The Labute approximate surface area is 310 Å². The van der Waals surface area contributed by atoms with Crippen molar-refractivity contribution in [1.82, 2.24) is 24.1 Å². The van der Waals surface area contributed by atoms with Crippen molar-refractivity contribution in [2.75, 3.05) is 44.5 Å². The molecule has 1 saturated heterocycles. The number of phenolic OH excluding ortho intramolecular Hbond substituents is 1. The summed E-state index contributed by atoms with van der Waals surface area (Å²) >= 11 is 0. The lowest BCUT2D eigenvalue weighted by molar-refractivity contribution is 0.0193. The van der Waals surface area contributed by atoms with Gasteiger partial charge >= 0.3 is 0 Å². The number of hydrogen-bond acceptors (Lipinski definition) is 8. The number of aryl methyl sites for hydroxylation is 1. The van der Waals surface area contributed by atoms with Crippen LogP contribution in [0.3, 0.4) is 0 Å². The average Bonchev–Trinajstić information content (AvgIpc) is 3.90. The van der Waals surface area contributed by atoms with Crippen LogP contribution in [0.5, 0.6) is 17.2 Å². The lowest BCUT2D eigenvalue weighted by Crippen LogP contribution is -2.52. The molecular formula is C40H40F2N6O6. The molecule has 14 heteroatoms. The maximum absolute atomic E-state index is 15.0. The van der Waals surface area contributed by atoms with Crippen molar-refractivity contribution >= 4 is 23.2 Å². The monoisotopic (exact) mass is 738 g/mol.